The molecule has 0 saturated heterocycles. The van der Waals surface area contributed by atoms with Crippen LogP contribution < -0.4 is 5.32 Å². The summed E-state index contributed by atoms with van der Waals surface area (Å²) in [6.07, 6.45) is -2.91. The summed E-state index contributed by atoms with van der Waals surface area (Å²) in [4.78, 5) is 12.1. The fraction of sp³-hybridized carbons (Fsp3) is 0.286. The van der Waals surface area contributed by atoms with Gasteiger partial charge in [0.15, 0.2) is 0 Å². The number of alkyl halides is 3. The third-order valence-electron chi connectivity index (χ3n) is 3.01. The molecule has 1 atom stereocenters. The number of para-hydroxylation sites is 1. The molecular formula is C14H14F3N3O. The summed E-state index contributed by atoms with van der Waals surface area (Å²) in [5.41, 5.74) is -0.404. The Kier molecular flexibility index (Phi) is 4.02. The standard InChI is InChI=1S/C14H14F3N3O/c1-9-7-8-20(19-9)10(2)13(21)18-12-6-4-3-5-11(12)14(15,16)17/h3-8,10H,1-2H3,(H,18,21). The van der Waals surface area contributed by atoms with E-state index >= 15 is 0 Å². The summed E-state index contributed by atoms with van der Waals surface area (Å²) in [5, 5.41) is 6.38. The van der Waals surface area contributed by atoms with Crippen LogP contribution in [0, 0.1) is 6.92 Å². The highest BCUT2D eigenvalue weighted by molar-refractivity contribution is 5.94. The summed E-state index contributed by atoms with van der Waals surface area (Å²) in [7, 11) is 0. The van der Waals surface area contributed by atoms with Crippen molar-refractivity contribution in [2.24, 2.45) is 0 Å². The summed E-state index contributed by atoms with van der Waals surface area (Å²) in [6, 6.07) is 5.87. The van der Waals surface area contributed by atoms with Gasteiger partial charge in [0, 0.05) is 6.20 Å². The van der Waals surface area contributed by atoms with Crippen molar-refractivity contribution < 1.29 is 18.0 Å². The van der Waals surface area contributed by atoms with Crippen LogP contribution in [0.15, 0.2) is 36.5 Å². The van der Waals surface area contributed by atoms with E-state index in [1.54, 1.807) is 26.1 Å². The Labute approximate surface area is 119 Å². The third kappa shape index (κ3) is 3.42. The van der Waals surface area contributed by atoms with Crippen LogP contribution in [0.25, 0.3) is 0 Å². The average molecular weight is 297 g/mol. The van der Waals surface area contributed by atoms with Gasteiger partial charge in [0.1, 0.15) is 6.04 Å². The fourth-order valence-electron chi connectivity index (χ4n) is 1.85. The Balaban J connectivity index is 2.20. The highest BCUT2D eigenvalue weighted by Crippen LogP contribution is 2.34. The molecule has 0 bridgehead atoms. The van der Waals surface area contributed by atoms with Crippen LogP contribution in [-0.2, 0) is 11.0 Å². The number of nitrogens with zero attached hydrogens (tertiary/aromatic N) is 2. The van der Waals surface area contributed by atoms with Gasteiger partial charge in [-0.15, -0.1) is 0 Å². The molecule has 7 heteroatoms. The van der Waals surface area contributed by atoms with E-state index in [1.807, 2.05) is 0 Å². The average Bonchev–Trinajstić information content (AvgIpc) is 2.84. The molecule has 1 amide bonds. The number of aromatic nitrogens is 2. The van der Waals surface area contributed by atoms with Gasteiger partial charge in [-0.25, -0.2) is 0 Å². The smallest absolute Gasteiger partial charge is 0.324 e. The summed E-state index contributed by atoms with van der Waals surface area (Å²) < 4.78 is 40.0. The van der Waals surface area contributed by atoms with Crippen LogP contribution in [0.1, 0.15) is 24.2 Å². The lowest BCUT2D eigenvalue weighted by Gasteiger charge is -2.16. The predicted octanol–water partition coefficient (Wildman–Crippen LogP) is 3.41. The van der Waals surface area contributed by atoms with Crippen molar-refractivity contribution >= 4 is 11.6 Å². The second kappa shape index (κ2) is 5.59. The molecule has 2 rings (SSSR count). The zero-order valence-electron chi connectivity index (χ0n) is 11.5. The first kappa shape index (κ1) is 15.1. The summed E-state index contributed by atoms with van der Waals surface area (Å²) >= 11 is 0. The van der Waals surface area contributed by atoms with Gasteiger partial charge in [0.2, 0.25) is 5.91 Å². The zero-order valence-corrected chi connectivity index (χ0v) is 11.5. The van der Waals surface area contributed by atoms with E-state index in [0.29, 0.717) is 0 Å². The van der Waals surface area contributed by atoms with Crippen LogP contribution in [0.4, 0.5) is 18.9 Å². The maximum Gasteiger partial charge on any atom is 0.418 e. The number of aryl methyl sites for hydroxylation is 1. The molecule has 0 aliphatic heterocycles. The number of nitrogens with one attached hydrogen (secondary N) is 1. The Morgan fingerprint density at radius 2 is 1.95 bits per heavy atom. The molecule has 1 aromatic carbocycles. The van der Waals surface area contributed by atoms with Crippen LogP contribution >= 0.6 is 0 Å². The van der Waals surface area contributed by atoms with Gasteiger partial charge in [0.25, 0.3) is 0 Å². The fourth-order valence-corrected chi connectivity index (χ4v) is 1.85. The minimum atomic E-state index is -4.52. The topological polar surface area (TPSA) is 46.9 Å². The molecule has 21 heavy (non-hydrogen) atoms. The van der Waals surface area contributed by atoms with Crippen molar-refractivity contribution in [1.29, 1.82) is 0 Å². The molecule has 0 spiro atoms. The number of hydrogen-bond acceptors (Lipinski definition) is 2. The Bertz CT molecular complexity index is 649. The van der Waals surface area contributed by atoms with Crippen LogP contribution in [0.5, 0.6) is 0 Å². The van der Waals surface area contributed by atoms with Crippen molar-refractivity contribution in [2.75, 3.05) is 5.32 Å². The minimum Gasteiger partial charge on any atom is -0.324 e. The van der Waals surface area contributed by atoms with Crippen molar-refractivity contribution in [1.82, 2.24) is 9.78 Å². The minimum absolute atomic E-state index is 0.259. The van der Waals surface area contributed by atoms with Gasteiger partial charge >= 0.3 is 6.18 Å². The zero-order chi connectivity index (χ0) is 15.6. The molecule has 0 aliphatic carbocycles. The molecule has 1 unspecified atom stereocenters. The van der Waals surface area contributed by atoms with Gasteiger partial charge in [-0.1, -0.05) is 12.1 Å². The van der Waals surface area contributed by atoms with Gasteiger partial charge in [-0.3, -0.25) is 9.48 Å². The van der Waals surface area contributed by atoms with E-state index < -0.39 is 23.7 Å². The lowest BCUT2D eigenvalue weighted by Crippen LogP contribution is -2.25. The maximum atomic E-state index is 12.9. The van der Waals surface area contributed by atoms with Gasteiger partial charge in [-0.2, -0.15) is 18.3 Å². The van der Waals surface area contributed by atoms with E-state index in [-0.39, 0.29) is 5.69 Å². The number of amides is 1. The predicted molar refractivity (Wildman–Crippen MR) is 71.7 cm³/mol. The Morgan fingerprint density at radius 1 is 1.29 bits per heavy atom. The van der Waals surface area contributed by atoms with Crippen molar-refractivity contribution in [3.05, 3.63) is 47.8 Å². The van der Waals surface area contributed by atoms with E-state index in [2.05, 4.69) is 10.4 Å². The SMILES string of the molecule is Cc1ccn(C(C)C(=O)Nc2ccccc2C(F)(F)F)n1. The Hall–Kier alpha value is -2.31. The molecule has 0 saturated carbocycles. The number of carbonyl (C=O) groups excluding carboxylic acids is 1. The highest BCUT2D eigenvalue weighted by atomic mass is 19.4. The van der Waals surface area contributed by atoms with Crippen molar-refractivity contribution in [3.63, 3.8) is 0 Å². The van der Waals surface area contributed by atoms with Crippen LogP contribution in [-0.4, -0.2) is 15.7 Å². The first-order chi connectivity index (χ1) is 9.79. The van der Waals surface area contributed by atoms with Gasteiger partial charge in [0.05, 0.1) is 16.9 Å². The van der Waals surface area contributed by atoms with E-state index in [0.717, 1.165) is 11.8 Å². The van der Waals surface area contributed by atoms with E-state index in [9.17, 15) is 18.0 Å². The lowest BCUT2D eigenvalue weighted by molar-refractivity contribution is -0.137. The molecule has 2 aromatic rings. The van der Waals surface area contributed by atoms with Crippen LogP contribution in [0.3, 0.4) is 0 Å². The molecule has 1 aromatic heterocycles. The number of anilines is 1. The van der Waals surface area contributed by atoms with E-state index in [1.165, 1.54) is 22.9 Å². The van der Waals surface area contributed by atoms with E-state index in [4.69, 9.17) is 0 Å². The second-order valence-corrected chi connectivity index (χ2v) is 4.65. The number of rotatable bonds is 3. The molecule has 0 aliphatic rings. The molecular weight excluding hydrogens is 283 g/mol. The molecule has 4 nitrogen and oxygen atoms in total. The molecule has 1 heterocycles. The molecule has 0 fully saturated rings. The maximum absolute atomic E-state index is 12.9. The van der Waals surface area contributed by atoms with Gasteiger partial charge < -0.3 is 5.32 Å². The number of halogens is 3. The normalized spacial score (nSPS) is 13.0. The monoisotopic (exact) mass is 297 g/mol. The number of carbonyl (C=O) groups is 1. The second-order valence-electron chi connectivity index (χ2n) is 4.65. The van der Waals surface area contributed by atoms with Crippen LogP contribution in [0.2, 0.25) is 0 Å². The third-order valence-corrected chi connectivity index (χ3v) is 3.01. The van der Waals surface area contributed by atoms with Crippen molar-refractivity contribution in [3.8, 4) is 0 Å². The first-order valence-electron chi connectivity index (χ1n) is 6.28. The van der Waals surface area contributed by atoms with Crippen molar-refractivity contribution in [2.45, 2.75) is 26.1 Å². The number of benzene rings is 1. The quantitative estimate of drug-likeness (QED) is 0.943. The largest absolute Gasteiger partial charge is 0.418 e. The molecule has 1 N–H and O–H groups in total. The Morgan fingerprint density at radius 3 is 2.52 bits per heavy atom. The lowest BCUT2D eigenvalue weighted by atomic mass is 10.1. The first-order valence-corrected chi connectivity index (χ1v) is 6.28. The summed E-state index contributed by atoms with van der Waals surface area (Å²) in [6.45, 7) is 3.33. The van der Waals surface area contributed by atoms with Gasteiger partial charge in [-0.05, 0) is 32.0 Å². The molecule has 0 radical (unpaired) electrons. The highest BCUT2D eigenvalue weighted by Gasteiger charge is 2.33. The number of hydrogen-bond donors (Lipinski definition) is 1. The molecule has 112 valence electrons. The summed E-state index contributed by atoms with van der Waals surface area (Å²) in [5.74, 6) is -0.560.